The highest BCUT2D eigenvalue weighted by molar-refractivity contribution is 5.91. The molecule has 0 atom stereocenters. The zero-order chi connectivity index (χ0) is 20.5. The number of fused-ring (bicyclic) bond motifs is 1. The predicted octanol–water partition coefficient (Wildman–Crippen LogP) is 5.07. The Morgan fingerprint density at radius 3 is 2.17 bits per heavy atom. The number of para-hydroxylation sites is 2. The molecular formula is C25H23FN4. The topological polar surface area (TPSA) is 32.3 Å². The van der Waals surface area contributed by atoms with E-state index in [4.69, 9.17) is 9.97 Å². The molecule has 1 saturated heterocycles. The van der Waals surface area contributed by atoms with Crippen LogP contribution in [0.4, 0.5) is 15.9 Å². The third kappa shape index (κ3) is 3.47. The summed E-state index contributed by atoms with van der Waals surface area (Å²) in [6.45, 7) is 5.13. The van der Waals surface area contributed by atoms with Crippen LogP contribution in [0.1, 0.15) is 5.56 Å². The van der Waals surface area contributed by atoms with E-state index < -0.39 is 0 Å². The van der Waals surface area contributed by atoms with Gasteiger partial charge in [0, 0.05) is 37.1 Å². The molecule has 4 nitrogen and oxygen atoms in total. The van der Waals surface area contributed by atoms with Crippen LogP contribution in [0.2, 0.25) is 0 Å². The Labute approximate surface area is 175 Å². The van der Waals surface area contributed by atoms with Gasteiger partial charge in [-0.2, -0.15) is 0 Å². The van der Waals surface area contributed by atoms with Gasteiger partial charge in [0.15, 0.2) is 5.82 Å². The quantitative estimate of drug-likeness (QED) is 0.482. The first-order chi connectivity index (χ1) is 14.7. The summed E-state index contributed by atoms with van der Waals surface area (Å²) in [6, 6.07) is 23.4. The van der Waals surface area contributed by atoms with Crippen molar-refractivity contribution in [1.29, 1.82) is 0 Å². The number of nitrogens with zero attached hydrogens (tertiary/aromatic N) is 4. The summed E-state index contributed by atoms with van der Waals surface area (Å²) >= 11 is 0. The van der Waals surface area contributed by atoms with Crippen molar-refractivity contribution in [3.05, 3.63) is 84.2 Å². The van der Waals surface area contributed by atoms with Gasteiger partial charge in [0.2, 0.25) is 0 Å². The molecule has 0 N–H and O–H groups in total. The average molecular weight is 398 g/mol. The van der Waals surface area contributed by atoms with Crippen molar-refractivity contribution in [2.75, 3.05) is 36.0 Å². The minimum atomic E-state index is -0.167. The van der Waals surface area contributed by atoms with Gasteiger partial charge in [0.05, 0.1) is 11.2 Å². The molecule has 0 aliphatic carbocycles. The Hall–Kier alpha value is -3.47. The zero-order valence-corrected chi connectivity index (χ0v) is 16.9. The molecule has 2 heterocycles. The van der Waals surface area contributed by atoms with E-state index in [-0.39, 0.29) is 5.82 Å². The van der Waals surface area contributed by atoms with Gasteiger partial charge >= 0.3 is 0 Å². The van der Waals surface area contributed by atoms with Gasteiger partial charge in [-0.25, -0.2) is 14.4 Å². The summed E-state index contributed by atoms with van der Waals surface area (Å²) in [5.74, 6) is 1.52. The molecule has 5 heteroatoms. The molecule has 4 aromatic rings. The molecule has 3 aromatic carbocycles. The van der Waals surface area contributed by atoms with Crippen molar-refractivity contribution in [2.24, 2.45) is 0 Å². The van der Waals surface area contributed by atoms with Crippen LogP contribution >= 0.6 is 0 Å². The lowest BCUT2D eigenvalue weighted by Crippen LogP contribution is -2.47. The molecule has 150 valence electrons. The third-order valence-corrected chi connectivity index (χ3v) is 5.67. The van der Waals surface area contributed by atoms with Crippen LogP contribution in [0.3, 0.4) is 0 Å². The summed E-state index contributed by atoms with van der Waals surface area (Å²) < 4.78 is 14.2. The highest BCUT2D eigenvalue weighted by Crippen LogP contribution is 2.29. The second-order valence-electron chi connectivity index (χ2n) is 7.68. The number of benzene rings is 3. The summed E-state index contributed by atoms with van der Waals surface area (Å²) in [5.41, 5.74) is 3.83. The normalized spacial score (nSPS) is 14.3. The summed E-state index contributed by atoms with van der Waals surface area (Å²) in [6.07, 6.45) is 0. The first-order valence-electron chi connectivity index (χ1n) is 10.3. The SMILES string of the molecule is Cc1ccc(-c2nc(N3CCN(c4ccccc4F)CC3)c3ccccc3n2)cc1. The van der Waals surface area contributed by atoms with Crippen LogP contribution in [0, 0.1) is 12.7 Å². The van der Waals surface area contributed by atoms with Crippen LogP contribution in [-0.2, 0) is 0 Å². The van der Waals surface area contributed by atoms with E-state index in [1.54, 1.807) is 6.07 Å². The summed E-state index contributed by atoms with van der Waals surface area (Å²) in [7, 11) is 0. The van der Waals surface area contributed by atoms with Gasteiger partial charge in [0.1, 0.15) is 11.6 Å². The smallest absolute Gasteiger partial charge is 0.162 e. The number of halogens is 1. The van der Waals surface area contributed by atoms with Crippen LogP contribution < -0.4 is 9.80 Å². The maximum Gasteiger partial charge on any atom is 0.162 e. The average Bonchev–Trinajstić information content (AvgIpc) is 2.79. The maximum atomic E-state index is 14.2. The van der Waals surface area contributed by atoms with Gasteiger partial charge in [-0.3, -0.25) is 0 Å². The molecule has 0 saturated carbocycles. The summed E-state index contributed by atoms with van der Waals surface area (Å²) in [4.78, 5) is 14.2. The molecule has 0 spiro atoms. The zero-order valence-electron chi connectivity index (χ0n) is 16.9. The van der Waals surface area contributed by atoms with E-state index in [2.05, 4.69) is 47.1 Å². The van der Waals surface area contributed by atoms with Gasteiger partial charge in [-0.15, -0.1) is 0 Å². The van der Waals surface area contributed by atoms with Crippen LogP contribution in [0.5, 0.6) is 0 Å². The van der Waals surface area contributed by atoms with Crippen molar-refractivity contribution in [2.45, 2.75) is 6.92 Å². The molecule has 1 aliphatic rings. The monoisotopic (exact) mass is 398 g/mol. The summed E-state index contributed by atoms with van der Waals surface area (Å²) in [5, 5.41) is 1.05. The molecule has 30 heavy (non-hydrogen) atoms. The van der Waals surface area contributed by atoms with Crippen LogP contribution in [0.15, 0.2) is 72.8 Å². The largest absolute Gasteiger partial charge is 0.366 e. The molecule has 1 aliphatic heterocycles. The van der Waals surface area contributed by atoms with Gasteiger partial charge in [-0.1, -0.05) is 54.1 Å². The number of rotatable bonds is 3. The fraction of sp³-hybridized carbons (Fsp3) is 0.200. The molecule has 1 aromatic heterocycles. The van der Waals surface area contributed by atoms with Crippen molar-refractivity contribution >= 4 is 22.4 Å². The first kappa shape index (κ1) is 18.6. The van der Waals surface area contributed by atoms with Crippen LogP contribution in [-0.4, -0.2) is 36.1 Å². The number of hydrogen-bond donors (Lipinski definition) is 0. The lowest BCUT2D eigenvalue weighted by atomic mass is 10.1. The molecule has 1 fully saturated rings. The fourth-order valence-corrected chi connectivity index (χ4v) is 4.00. The van der Waals surface area contributed by atoms with Crippen LogP contribution in [0.25, 0.3) is 22.3 Å². The Morgan fingerprint density at radius 2 is 1.40 bits per heavy atom. The Morgan fingerprint density at radius 1 is 0.733 bits per heavy atom. The van der Waals surface area contributed by atoms with E-state index in [0.29, 0.717) is 5.69 Å². The van der Waals surface area contributed by atoms with E-state index in [9.17, 15) is 4.39 Å². The van der Waals surface area contributed by atoms with E-state index in [1.165, 1.54) is 11.6 Å². The minimum absolute atomic E-state index is 0.167. The third-order valence-electron chi connectivity index (χ3n) is 5.67. The highest BCUT2D eigenvalue weighted by Gasteiger charge is 2.22. The Balaban J connectivity index is 1.48. The van der Waals surface area contributed by atoms with Gasteiger partial charge in [-0.05, 0) is 31.2 Å². The van der Waals surface area contributed by atoms with Crippen molar-refractivity contribution in [3.8, 4) is 11.4 Å². The molecular weight excluding hydrogens is 375 g/mol. The van der Waals surface area contributed by atoms with E-state index >= 15 is 0 Å². The van der Waals surface area contributed by atoms with Gasteiger partial charge in [0.25, 0.3) is 0 Å². The molecule has 0 amide bonds. The number of anilines is 2. The number of piperazine rings is 1. The second kappa shape index (κ2) is 7.75. The number of aromatic nitrogens is 2. The fourth-order valence-electron chi connectivity index (χ4n) is 4.00. The maximum absolute atomic E-state index is 14.2. The van der Waals surface area contributed by atoms with E-state index in [1.807, 2.05) is 30.3 Å². The molecule has 0 bridgehead atoms. The van der Waals surface area contributed by atoms with Crippen molar-refractivity contribution < 1.29 is 4.39 Å². The minimum Gasteiger partial charge on any atom is -0.366 e. The lowest BCUT2D eigenvalue weighted by molar-refractivity contribution is 0.597. The standard InChI is InChI=1S/C25H23FN4/c1-18-10-12-19(13-11-18)24-27-22-8-4-2-6-20(22)25(28-24)30-16-14-29(15-17-30)23-9-5-3-7-21(23)26/h2-13H,14-17H2,1H3. The van der Waals surface area contributed by atoms with E-state index in [0.717, 1.165) is 54.3 Å². The van der Waals surface area contributed by atoms with Crippen molar-refractivity contribution in [3.63, 3.8) is 0 Å². The number of hydrogen-bond acceptors (Lipinski definition) is 4. The first-order valence-corrected chi connectivity index (χ1v) is 10.3. The Bertz CT molecular complexity index is 1180. The predicted molar refractivity (Wildman–Crippen MR) is 121 cm³/mol. The number of aryl methyl sites for hydroxylation is 1. The lowest BCUT2D eigenvalue weighted by Gasteiger charge is -2.37. The highest BCUT2D eigenvalue weighted by atomic mass is 19.1. The van der Waals surface area contributed by atoms with Crippen molar-refractivity contribution in [1.82, 2.24) is 9.97 Å². The van der Waals surface area contributed by atoms with Gasteiger partial charge < -0.3 is 9.80 Å². The Kier molecular flexibility index (Phi) is 4.79. The molecule has 0 radical (unpaired) electrons. The molecule has 5 rings (SSSR count). The second-order valence-corrected chi connectivity index (χ2v) is 7.68. The molecule has 0 unspecified atom stereocenters.